The number of aryl methyl sites for hydroxylation is 1. The lowest BCUT2D eigenvalue weighted by Crippen LogP contribution is -2.48. The average Bonchev–Trinajstić information content (AvgIpc) is 3.05. The molecule has 27 heavy (non-hydrogen) atoms. The maximum atomic E-state index is 13.1. The third-order valence-electron chi connectivity index (χ3n) is 4.77. The molecule has 146 valence electrons. The van der Waals surface area contributed by atoms with E-state index in [-0.39, 0.29) is 18.5 Å². The van der Waals surface area contributed by atoms with Gasteiger partial charge in [0.1, 0.15) is 5.65 Å². The highest BCUT2D eigenvalue weighted by molar-refractivity contribution is 5.90. The van der Waals surface area contributed by atoms with Crippen molar-refractivity contribution >= 4 is 17.5 Å². The lowest BCUT2D eigenvalue weighted by atomic mass is 9.84. The van der Waals surface area contributed by atoms with Crippen LogP contribution in [0.5, 0.6) is 0 Å². The van der Waals surface area contributed by atoms with Gasteiger partial charge in [-0.25, -0.2) is 9.78 Å². The molecule has 0 saturated heterocycles. The van der Waals surface area contributed by atoms with Gasteiger partial charge >= 0.3 is 12.1 Å². The molecule has 2 unspecified atom stereocenters. The molecule has 0 radical (unpaired) electrons. The van der Waals surface area contributed by atoms with Crippen LogP contribution in [0, 0.1) is 12.8 Å². The van der Waals surface area contributed by atoms with Crippen LogP contribution in [0.15, 0.2) is 24.4 Å². The normalized spacial score (nSPS) is 20.4. The van der Waals surface area contributed by atoms with Gasteiger partial charge in [-0.15, -0.1) is 0 Å². The summed E-state index contributed by atoms with van der Waals surface area (Å²) in [6.45, 7) is 1.20. The fourth-order valence-electron chi connectivity index (χ4n) is 3.40. The van der Waals surface area contributed by atoms with Crippen molar-refractivity contribution in [3.05, 3.63) is 35.8 Å². The summed E-state index contributed by atoms with van der Waals surface area (Å²) in [5, 5.41) is 2.36. The number of amides is 1. The Morgan fingerprint density at radius 1 is 1.30 bits per heavy atom. The predicted molar refractivity (Wildman–Crippen MR) is 90.2 cm³/mol. The summed E-state index contributed by atoms with van der Waals surface area (Å²) >= 11 is 0. The van der Waals surface area contributed by atoms with Crippen LogP contribution in [-0.2, 0) is 9.53 Å². The summed E-state index contributed by atoms with van der Waals surface area (Å²) in [7, 11) is 0. The largest absolute Gasteiger partial charge is 0.451 e. The number of hydrogen-bond donors (Lipinski definition) is 1. The number of fused-ring (bicyclic) bond motifs is 1. The van der Waals surface area contributed by atoms with Crippen molar-refractivity contribution in [2.24, 2.45) is 5.92 Å². The highest BCUT2D eigenvalue weighted by Crippen LogP contribution is 2.37. The van der Waals surface area contributed by atoms with E-state index in [9.17, 15) is 22.8 Å². The highest BCUT2D eigenvalue weighted by atomic mass is 19.4. The smallest absolute Gasteiger partial charge is 0.393 e. The number of nitrogens with one attached hydrogen (secondary N) is 1. The van der Waals surface area contributed by atoms with Crippen LogP contribution in [0.4, 0.5) is 13.2 Å². The van der Waals surface area contributed by atoms with Crippen LogP contribution in [0.1, 0.15) is 41.9 Å². The highest BCUT2D eigenvalue weighted by Gasteiger charge is 2.45. The number of halogens is 3. The first-order valence-corrected chi connectivity index (χ1v) is 8.73. The number of imidazole rings is 1. The average molecular weight is 383 g/mol. The number of esters is 1. The molecular formula is C18H20F3N3O3. The molecule has 2 aromatic rings. The molecule has 0 spiro atoms. The van der Waals surface area contributed by atoms with Crippen molar-refractivity contribution in [3.63, 3.8) is 0 Å². The van der Waals surface area contributed by atoms with Gasteiger partial charge < -0.3 is 14.5 Å². The van der Waals surface area contributed by atoms with Crippen molar-refractivity contribution < 1.29 is 27.5 Å². The minimum Gasteiger partial charge on any atom is -0.451 e. The van der Waals surface area contributed by atoms with Crippen LogP contribution in [0.2, 0.25) is 0 Å². The second kappa shape index (κ2) is 7.58. The zero-order valence-corrected chi connectivity index (χ0v) is 14.8. The summed E-state index contributed by atoms with van der Waals surface area (Å²) in [5.74, 6) is -3.11. The standard InChI is InChI=1S/C18H20F3N3O3/c1-11-5-4-8-15-22-14(9-24(11)15)17(26)27-10-16(25)23-13-7-3-2-6-12(13)18(19,20)21/h4-5,8-9,12-13H,2-3,6-7,10H2,1H3,(H,23,25). The van der Waals surface area contributed by atoms with Crippen molar-refractivity contribution in [2.75, 3.05) is 6.61 Å². The van der Waals surface area contributed by atoms with E-state index in [0.29, 0.717) is 18.5 Å². The van der Waals surface area contributed by atoms with E-state index >= 15 is 0 Å². The fourth-order valence-corrected chi connectivity index (χ4v) is 3.40. The topological polar surface area (TPSA) is 72.7 Å². The lowest BCUT2D eigenvalue weighted by Gasteiger charge is -2.33. The molecular weight excluding hydrogens is 363 g/mol. The van der Waals surface area contributed by atoms with Gasteiger partial charge in [0.05, 0.1) is 5.92 Å². The summed E-state index contributed by atoms with van der Waals surface area (Å²) in [6.07, 6.45) is -1.50. The van der Waals surface area contributed by atoms with Gasteiger partial charge in [-0.1, -0.05) is 18.9 Å². The van der Waals surface area contributed by atoms with Crippen LogP contribution in [-0.4, -0.2) is 40.1 Å². The maximum absolute atomic E-state index is 13.1. The molecule has 6 nitrogen and oxygen atoms in total. The number of hydrogen-bond acceptors (Lipinski definition) is 4. The first-order chi connectivity index (χ1) is 12.8. The molecule has 1 N–H and O–H groups in total. The molecule has 1 aliphatic rings. The quantitative estimate of drug-likeness (QED) is 0.824. The van der Waals surface area contributed by atoms with Gasteiger partial charge in [-0.05, 0) is 31.9 Å². The number of alkyl halides is 3. The molecule has 2 aromatic heterocycles. The molecule has 2 atom stereocenters. The summed E-state index contributed by atoms with van der Waals surface area (Å²) in [4.78, 5) is 28.2. The zero-order valence-electron chi connectivity index (χ0n) is 14.8. The predicted octanol–water partition coefficient (Wildman–Crippen LogP) is 3.04. The lowest BCUT2D eigenvalue weighted by molar-refractivity contribution is -0.189. The summed E-state index contributed by atoms with van der Waals surface area (Å²) in [6, 6.07) is 4.37. The monoisotopic (exact) mass is 383 g/mol. The van der Waals surface area contributed by atoms with Gasteiger partial charge in [-0.2, -0.15) is 13.2 Å². The van der Waals surface area contributed by atoms with Crippen molar-refractivity contribution in [1.82, 2.24) is 14.7 Å². The SMILES string of the molecule is Cc1cccc2nc(C(=O)OCC(=O)NC3CCCCC3C(F)(F)F)cn12. The number of carbonyl (C=O) groups excluding carboxylic acids is 2. The summed E-state index contributed by atoms with van der Waals surface area (Å²) in [5.41, 5.74) is 1.46. The van der Waals surface area contributed by atoms with Crippen molar-refractivity contribution in [2.45, 2.75) is 44.8 Å². The Morgan fingerprint density at radius 3 is 2.74 bits per heavy atom. The molecule has 1 saturated carbocycles. The van der Waals surface area contributed by atoms with Crippen LogP contribution in [0.25, 0.3) is 5.65 Å². The van der Waals surface area contributed by atoms with Gasteiger partial charge in [0.15, 0.2) is 12.3 Å². The Morgan fingerprint density at radius 2 is 2.04 bits per heavy atom. The number of pyridine rings is 1. The number of ether oxygens (including phenoxy) is 1. The van der Waals surface area contributed by atoms with Gasteiger partial charge in [0, 0.05) is 17.9 Å². The van der Waals surface area contributed by atoms with Gasteiger partial charge in [0.25, 0.3) is 5.91 Å². The molecule has 3 rings (SSSR count). The van der Waals surface area contributed by atoms with E-state index in [1.807, 2.05) is 13.0 Å². The second-order valence-electron chi connectivity index (χ2n) is 6.70. The molecule has 1 aliphatic carbocycles. The van der Waals surface area contributed by atoms with E-state index in [0.717, 1.165) is 5.69 Å². The summed E-state index contributed by atoms with van der Waals surface area (Å²) < 4.78 is 45.8. The van der Waals surface area contributed by atoms with E-state index in [4.69, 9.17) is 4.74 Å². The molecule has 2 heterocycles. The Balaban J connectivity index is 1.58. The van der Waals surface area contributed by atoms with E-state index in [2.05, 4.69) is 10.3 Å². The second-order valence-corrected chi connectivity index (χ2v) is 6.70. The number of aromatic nitrogens is 2. The van der Waals surface area contributed by atoms with Gasteiger partial charge in [-0.3, -0.25) is 4.79 Å². The van der Waals surface area contributed by atoms with E-state index in [1.54, 1.807) is 16.5 Å². The van der Waals surface area contributed by atoms with Crippen LogP contribution >= 0.6 is 0 Å². The molecule has 0 aliphatic heterocycles. The Bertz CT molecular complexity index is 847. The van der Waals surface area contributed by atoms with Crippen molar-refractivity contribution in [3.8, 4) is 0 Å². The Hall–Kier alpha value is -2.58. The molecule has 1 fully saturated rings. The minimum absolute atomic E-state index is 0.00513. The molecule has 9 heteroatoms. The van der Waals surface area contributed by atoms with Crippen LogP contribution in [0.3, 0.4) is 0 Å². The van der Waals surface area contributed by atoms with E-state index < -0.39 is 36.6 Å². The third kappa shape index (κ3) is 4.40. The first kappa shape index (κ1) is 19.2. The molecule has 0 aromatic carbocycles. The maximum Gasteiger partial charge on any atom is 0.393 e. The Labute approximate surface area is 153 Å². The number of rotatable bonds is 4. The molecule has 1 amide bonds. The third-order valence-corrected chi connectivity index (χ3v) is 4.77. The zero-order chi connectivity index (χ0) is 19.6. The fraction of sp³-hybridized carbons (Fsp3) is 0.500. The molecule has 0 bridgehead atoms. The first-order valence-electron chi connectivity index (χ1n) is 8.73. The Kier molecular flexibility index (Phi) is 5.38. The van der Waals surface area contributed by atoms with Gasteiger partial charge in [0.2, 0.25) is 0 Å². The minimum atomic E-state index is -4.36. The number of nitrogens with zero attached hydrogens (tertiary/aromatic N) is 2. The van der Waals surface area contributed by atoms with Crippen LogP contribution < -0.4 is 5.32 Å². The van der Waals surface area contributed by atoms with E-state index in [1.165, 1.54) is 6.20 Å². The number of carbonyl (C=O) groups is 2. The van der Waals surface area contributed by atoms with Crippen molar-refractivity contribution in [1.29, 1.82) is 0 Å².